The van der Waals surface area contributed by atoms with Gasteiger partial charge in [-0.05, 0) is 98.3 Å². The van der Waals surface area contributed by atoms with Crippen LogP contribution in [-0.2, 0) is 0 Å². The lowest BCUT2D eigenvalue weighted by Crippen LogP contribution is -2.26. The second kappa shape index (κ2) is 9.86. The van der Waals surface area contributed by atoms with Gasteiger partial charge in [0.25, 0.3) is 0 Å². The van der Waals surface area contributed by atoms with Crippen molar-refractivity contribution in [2.45, 2.75) is 11.8 Å². The predicted octanol–water partition coefficient (Wildman–Crippen LogP) is 9.72. The number of benzene rings is 6. The summed E-state index contributed by atoms with van der Waals surface area (Å²) < 4.78 is 0. The molecule has 0 radical (unpaired) electrons. The van der Waals surface area contributed by atoms with Crippen LogP contribution in [0.4, 0.5) is 11.4 Å². The first-order valence-corrected chi connectivity index (χ1v) is 15.0. The predicted molar refractivity (Wildman–Crippen MR) is 176 cm³/mol. The van der Waals surface area contributed by atoms with E-state index in [2.05, 4.69) is 89.2 Å². The van der Waals surface area contributed by atoms with E-state index in [0.29, 0.717) is 11.1 Å². The minimum absolute atomic E-state index is 0.204. The van der Waals surface area contributed by atoms with Crippen LogP contribution in [0.2, 0.25) is 0 Å². The molecule has 1 atom stereocenters. The molecule has 3 nitrogen and oxygen atoms in total. The van der Waals surface area contributed by atoms with Crippen molar-refractivity contribution in [3.05, 3.63) is 149 Å². The third-order valence-electron chi connectivity index (χ3n) is 8.27. The van der Waals surface area contributed by atoms with Crippen LogP contribution in [-0.4, -0.2) is 16.9 Å². The fourth-order valence-corrected chi connectivity index (χ4v) is 7.14. The Hall–Kier alpha value is -4.93. The molecule has 6 aromatic rings. The minimum atomic E-state index is -0.204. The fourth-order valence-electron chi connectivity index (χ4n) is 6.15. The van der Waals surface area contributed by atoms with E-state index in [1.54, 1.807) is 6.08 Å². The maximum atomic E-state index is 13.3. The van der Waals surface area contributed by atoms with Crippen molar-refractivity contribution >= 4 is 73.1 Å². The highest BCUT2D eigenvalue weighted by molar-refractivity contribution is 8.03. The second-order valence-corrected chi connectivity index (χ2v) is 11.9. The normalized spacial score (nSPS) is 16.1. The lowest BCUT2D eigenvalue weighted by atomic mass is 10.0. The molecule has 0 fully saturated rings. The van der Waals surface area contributed by atoms with Crippen molar-refractivity contribution in [3.8, 4) is 0 Å². The Labute approximate surface area is 247 Å². The number of carbonyl (C=O) groups is 2. The van der Waals surface area contributed by atoms with Crippen LogP contribution in [0, 0.1) is 0 Å². The molecule has 6 aromatic carbocycles. The van der Waals surface area contributed by atoms with Crippen LogP contribution < -0.4 is 4.90 Å². The van der Waals surface area contributed by atoms with Gasteiger partial charge >= 0.3 is 0 Å². The molecule has 1 aliphatic heterocycles. The lowest BCUT2D eigenvalue weighted by Gasteiger charge is -2.31. The van der Waals surface area contributed by atoms with Gasteiger partial charge in [0, 0.05) is 22.5 Å². The van der Waals surface area contributed by atoms with Gasteiger partial charge in [-0.3, -0.25) is 9.59 Å². The summed E-state index contributed by atoms with van der Waals surface area (Å²) in [5.41, 5.74) is 4.34. The lowest BCUT2D eigenvalue weighted by molar-refractivity contribution is 0.0990. The van der Waals surface area contributed by atoms with Crippen LogP contribution in [0.1, 0.15) is 32.7 Å². The van der Waals surface area contributed by atoms with E-state index in [1.165, 1.54) is 16.5 Å². The largest absolute Gasteiger partial charge is 0.328 e. The average molecular weight is 560 g/mol. The third kappa shape index (κ3) is 4.15. The number of rotatable bonds is 4. The zero-order valence-electron chi connectivity index (χ0n) is 22.7. The SMILES string of the molecule is O=C1C(=Cc2ccc3cc(N(c4ccc5ccccc5c4)C4CC=CS4)ccc3c2)C(=O)c2cc3ccccc3cc21. The second-order valence-electron chi connectivity index (χ2n) is 10.9. The number of Topliss-reactive ketones (excluding diaryl/α,β-unsaturated/α-hetero) is 2. The van der Waals surface area contributed by atoms with Gasteiger partial charge in [-0.1, -0.05) is 78.9 Å². The minimum Gasteiger partial charge on any atom is -0.328 e. The van der Waals surface area contributed by atoms with Crippen molar-refractivity contribution in [2.24, 2.45) is 0 Å². The van der Waals surface area contributed by atoms with Gasteiger partial charge < -0.3 is 4.90 Å². The molecule has 0 aromatic heterocycles. The van der Waals surface area contributed by atoms with Gasteiger partial charge in [-0.25, -0.2) is 0 Å². The van der Waals surface area contributed by atoms with Crippen molar-refractivity contribution in [1.29, 1.82) is 0 Å². The van der Waals surface area contributed by atoms with Gasteiger partial charge in [0.1, 0.15) is 0 Å². The number of hydrogen-bond acceptors (Lipinski definition) is 4. The van der Waals surface area contributed by atoms with E-state index in [4.69, 9.17) is 0 Å². The molecule has 0 saturated heterocycles. The topological polar surface area (TPSA) is 37.4 Å². The van der Waals surface area contributed by atoms with Gasteiger partial charge in [-0.2, -0.15) is 0 Å². The van der Waals surface area contributed by atoms with Crippen LogP contribution in [0.15, 0.2) is 132 Å². The summed E-state index contributed by atoms with van der Waals surface area (Å²) >= 11 is 1.84. The number of thioether (sulfide) groups is 1. The highest BCUT2D eigenvalue weighted by atomic mass is 32.2. The van der Waals surface area contributed by atoms with E-state index < -0.39 is 0 Å². The maximum Gasteiger partial charge on any atom is 0.197 e. The summed E-state index contributed by atoms with van der Waals surface area (Å²) in [5.74, 6) is -0.408. The zero-order chi connectivity index (χ0) is 28.2. The highest BCUT2D eigenvalue weighted by Gasteiger charge is 2.33. The molecule has 8 rings (SSSR count). The molecule has 0 bridgehead atoms. The van der Waals surface area contributed by atoms with Crippen molar-refractivity contribution in [3.63, 3.8) is 0 Å². The highest BCUT2D eigenvalue weighted by Crippen LogP contribution is 2.40. The smallest absolute Gasteiger partial charge is 0.197 e. The van der Waals surface area contributed by atoms with Gasteiger partial charge in [-0.15, -0.1) is 11.8 Å². The van der Waals surface area contributed by atoms with E-state index in [0.717, 1.165) is 39.2 Å². The summed E-state index contributed by atoms with van der Waals surface area (Å²) in [4.78, 5) is 29.0. The van der Waals surface area contributed by atoms with Crippen molar-refractivity contribution in [1.82, 2.24) is 0 Å². The number of allylic oxidation sites excluding steroid dienone is 1. The van der Waals surface area contributed by atoms with Gasteiger partial charge in [0.15, 0.2) is 11.6 Å². The van der Waals surface area contributed by atoms with Crippen LogP contribution in [0.3, 0.4) is 0 Å². The Balaban J connectivity index is 1.15. The fraction of sp³-hybridized carbons (Fsp3) is 0.0526. The summed E-state index contributed by atoms with van der Waals surface area (Å²) in [7, 11) is 0. The first kappa shape index (κ1) is 24.8. The molecular formula is C38H25NO2S. The molecule has 2 aliphatic rings. The molecule has 200 valence electrons. The molecule has 0 amide bonds. The van der Waals surface area contributed by atoms with Gasteiger partial charge in [0.05, 0.1) is 10.9 Å². The van der Waals surface area contributed by atoms with Crippen LogP contribution in [0.25, 0.3) is 38.4 Å². The Morgan fingerprint density at radius 1 is 0.595 bits per heavy atom. The summed E-state index contributed by atoms with van der Waals surface area (Å²) in [6.45, 7) is 0. The first-order chi connectivity index (χ1) is 20.6. The molecule has 0 saturated carbocycles. The Morgan fingerprint density at radius 2 is 1.12 bits per heavy atom. The standard InChI is InChI=1S/C38H25NO2S/c40-37-33-22-27-8-3-4-9-28(27)23-34(33)38(41)35(37)19-24-11-12-30-21-32(16-14-29(30)18-24)39(36-10-5-17-42-36)31-15-13-25-6-1-2-7-26(25)20-31/h1-9,11-23,36H,10H2. The Morgan fingerprint density at radius 3 is 1.74 bits per heavy atom. The number of carbonyl (C=O) groups excluding carboxylic acids is 2. The summed E-state index contributed by atoms with van der Waals surface area (Å²) in [6.07, 6.45) is 4.95. The van der Waals surface area contributed by atoms with Gasteiger partial charge in [0.2, 0.25) is 0 Å². The Bertz CT molecular complexity index is 2090. The quantitative estimate of drug-likeness (QED) is 0.159. The monoisotopic (exact) mass is 559 g/mol. The number of ketones is 2. The zero-order valence-corrected chi connectivity index (χ0v) is 23.5. The average Bonchev–Trinajstić information content (AvgIpc) is 3.63. The molecule has 1 unspecified atom stereocenters. The maximum absolute atomic E-state index is 13.3. The summed E-state index contributed by atoms with van der Waals surface area (Å²) in [5, 5.41) is 9.01. The molecule has 4 heteroatoms. The van der Waals surface area contributed by atoms with E-state index in [1.807, 2.05) is 54.2 Å². The molecular weight excluding hydrogens is 534 g/mol. The summed E-state index contributed by atoms with van der Waals surface area (Å²) in [6, 6.07) is 39.3. The number of anilines is 2. The molecule has 0 spiro atoms. The van der Waals surface area contributed by atoms with E-state index >= 15 is 0 Å². The number of fused-ring (bicyclic) bond motifs is 4. The van der Waals surface area contributed by atoms with Crippen molar-refractivity contribution in [2.75, 3.05) is 4.90 Å². The number of nitrogens with zero attached hydrogens (tertiary/aromatic N) is 1. The number of hydrogen-bond donors (Lipinski definition) is 0. The molecule has 1 aliphatic carbocycles. The van der Waals surface area contributed by atoms with E-state index in [-0.39, 0.29) is 22.5 Å². The molecule has 1 heterocycles. The van der Waals surface area contributed by atoms with Crippen LogP contribution in [0.5, 0.6) is 0 Å². The van der Waals surface area contributed by atoms with E-state index in [9.17, 15) is 9.59 Å². The molecule has 42 heavy (non-hydrogen) atoms. The van der Waals surface area contributed by atoms with Crippen molar-refractivity contribution < 1.29 is 9.59 Å². The van der Waals surface area contributed by atoms with Crippen LogP contribution >= 0.6 is 11.8 Å². The first-order valence-electron chi connectivity index (χ1n) is 14.1. The Kier molecular flexibility index (Phi) is 5.83. The molecule has 0 N–H and O–H groups in total. The third-order valence-corrected chi connectivity index (χ3v) is 9.34.